The molecule has 10 nitrogen and oxygen atoms in total. The largest absolute Gasteiger partial charge is 0.490 e. The van der Waals surface area contributed by atoms with Crippen molar-refractivity contribution in [1.29, 1.82) is 0 Å². The van der Waals surface area contributed by atoms with Gasteiger partial charge in [0.25, 0.3) is 5.69 Å². The minimum Gasteiger partial charge on any atom is -0.490 e. The van der Waals surface area contributed by atoms with E-state index in [4.69, 9.17) is 9.47 Å². The number of carbonyl (C=O) groups excluding carboxylic acids is 1. The fourth-order valence-corrected chi connectivity index (χ4v) is 5.13. The van der Waals surface area contributed by atoms with E-state index in [1.807, 2.05) is 31.2 Å². The number of aryl methyl sites for hydroxylation is 1. The van der Waals surface area contributed by atoms with Gasteiger partial charge in [-0.3, -0.25) is 14.9 Å². The topological polar surface area (TPSA) is 128 Å². The summed E-state index contributed by atoms with van der Waals surface area (Å²) in [6, 6.07) is 11.3. The van der Waals surface area contributed by atoms with Crippen molar-refractivity contribution in [3.63, 3.8) is 0 Å². The molecular weight excluding hydrogens is 450 g/mol. The second kappa shape index (κ2) is 10.6. The van der Waals surface area contributed by atoms with Crippen molar-refractivity contribution in [3.8, 4) is 5.75 Å². The summed E-state index contributed by atoms with van der Waals surface area (Å²) in [6.07, 6.45) is 0.626. The summed E-state index contributed by atoms with van der Waals surface area (Å²) in [6.45, 7) is 2.54. The van der Waals surface area contributed by atoms with E-state index in [0.29, 0.717) is 18.6 Å². The van der Waals surface area contributed by atoms with E-state index in [2.05, 4.69) is 5.32 Å². The molecule has 1 heterocycles. The van der Waals surface area contributed by atoms with Crippen LogP contribution in [0.3, 0.4) is 0 Å². The second-order valence-corrected chi connectivity index (χ2v) is 9.63. The summed E-state index contributed by atoms with van der Waals surface area (Å²) in [4.78, 5) is 22.8. The molecule has 0 saturated carbocycles. The van der Waals surface area contributed by atoms with Gasteiger partial charge in [-0.25, -0.2) is 8.42 Å². The van der Waals surface area contributed by atoms with Crippen LogP contribution < -0.4 is 10.1 Å². The van der Waals surface area contributed by atoms with Crippen molar-refractivity contribution < 1.29 is 27.6 Å². The lowest BCUT2D eigenvalue weighted by Gasteiger charge is -2.30. The molecule has 1 aliphatic rings. The van der Waals surface area contributed by atoms with Crippen molar-refractivity contribution in [2.75, 3.05) is 38.7 Å². The van der Waals surface area contributed by atoms with Crippen LogP contribution in [-0.4, -0.2) is 57.0 Å². The van der Waals surface area contributed by atoms with Crippen molar-refractivity contribution in [3.05, 3.63) is 58.1 Å². The predicted molar refractivity (Wildman–Crippen MR) is 122 cm³/mol. The molecule has 2 aromatic rings. The van der Waals surface area contributed by atoms with Gasteiger partial charge in [-0.1, -0.05) is 12.1 Å². The number of hydrogen-bond donors (Lipinski definition) is 1. The smallest absolute Gasteiger partial charge is 0.309 e. The summed E-state index contributed by atoms with van der Waals surface area (Å²) < 4.78 is 38.0. The van der Waals surface area contributed by atoms with Crippen LogP contribution in [0, 0.1) is 23.0 Å². The highest BCUT2D eigenvalue weighted by Gasteiger charge is 2.33. The first-order chi connectivity index (χ1) is 15.7. The molecule has 11 heteroatoms. The minimum atomic E-state index is -3.92. The molecule has 178 valence electrons. The normalized spacial score (nSPS) is 15.1. The minimum absolute atomic E-state index is 0.104. The SMILES string of the molecule is CNc1ccc(S(=O)(=O)N2CCC(C(=O)OCCOc3cccc(C)c3)CC2)cc1[N+](=O)[O-]. The number of rotatable bonds is 9. The number of piperidine rings is 1. The number of nitrogens with one attached hydrogen (secondary N) is 1. The molecule has 0 unspecified atom stereocenters. The van der Waals surface area contributed by atoms with Gasteiger partial charge < -0.3 is 14.8 Å². The Morgan fingerprint density at radius 3 is 2.55 bits per heavy atom. The van der Waals surface area contributed by atoms with Gasteiger partial charge in [-0.05, 0) is 49.6 Å². The van der Waals surface area contributed by atoms with Crippen LogP contribution >= 0.6 is 0 Å². The molecule has 1 fully saturated rings. The Kier molecular flexibility index (Phi) is 7.88. The molecule has 1 aliphatic heterocycles. The Labute approximate surface area is 192 Å². The lowest BCUT2D eigenvalue weighted by atomic mass is 9.98. The maximum absolute atomic E-state index is 13.0. The number of hydrogen-bond acceptors (Lipinski definition) is 8. The third kappa shape index (κ3) is 5.99. The van der Waals surface area contributed by atoms with Crippen LogP contribution in [0.4, 0.5) is 11.4 Å². The van der Waals surface area contributed by atoms with E-state index in [0.717, 1.165) is 11.6 Å². The summed E-state index contributed by atoms with van der Waals surface area (Å²) in [5, 5.41) is 13.9. The third-order valence-corrected chi connectivity index (χ3v) is 7.34. The van der Waals surface area contributed by atoms with Crippen molar-refractivity contribution in [2.45, 2.75) is 24.7 Å². The van der Waals surface area contributed by atoms with Crippen LogP contribution in [0.1, 0.15) is 18.4 Å². The monoisotopic (exact) mass is 477 g/mol. The number of sulfonamides is 1. The first-order valence-electron chi connectivity index (χ1n) is 10.5. The number of ether oxygens (including phenoxy) is 2. The fourth-order valence-electron chi connectivity index (χ4n) is 3.64. The highest BCUT2D eigenvalue weighted by molar-refractivity contribution is 7.89. The Bertz CT molecular complexity index is 1110. The molecule has 1 saturated heterocycles. The van der Waals surface area contributed by atoms with Crippen molar-refractivity contribution >= 4 is 27.4 Å². The number of carbonyl (C=O) groups is 1. The number of esters is 1. The van der Waals surface area contributed by atoms with Gasteiger partial charge in [0.05, 0.1) is 15.7 Å². The maximum atomic E-state index is 13.0. The standard InChI is InChI=1S/C22H27N3O7S/c1-16-4-3-5-18(14-16)31-12-13-32-22(26)17-8-10-24(11-9-17)33(29,30)19-6-7-20(23-2)21(15-19)25(27)28/h3-7,14-15,17,23H,8-13H2,1-2H3. The van der Waals surface area contributed by atoms with Crippen molar-refractivity contribution in [2.24, 2.45) is 5.92 Å². The number of nitro benzene ring substituents is 1. The van der Waals surface area contributed by atoms with E-state index in [-0.39, 0.29) is 48.5 Å². The number of nitro groups is 1. The van der Waals surface area contributed by atoms with Gasteiger partial charge in [0.2, 0.25) is 10.0 Å². The second-order valence-electron chi connectivity index (χ2n) is 7.70. The molecule has 0 radical (unpaired) electrons. The number of anilines is 1. The Hall–Kier alpha value is -3.18. The number of benzene rings is 2. The fraction of sp³-hybridized carbons (Fsp3) is 0.409. The molecule has 0 aromatic heterocycles. The van der Waals surface area contributed by atoms with Crippen LogP contribution in [0.5, 0.6) is 5.75 Å². The van der Waals surface area contributed by atoms with E-state index >= 15 is 0 Å². The van der Waals surface area contributed by atoms with Crippen LogP contribution in [0.2, 0.25) is 0 Å². The molecular formula is C22H27N3O7S. The maximum Gasteiger partial charge on any atom is 0.309 e. The van der Waals surface area contributed by atoms with Gasteiger partial charge in [0.1, 0.15) is 24.7 Å². The average molecular weight is 478 g/mol. The van der Waals surface area contributed by atoms with Gasteiger partial charge in [0.15, 0.2) is 0 Å². The number of nitrogens with zero attached hydrogens (tertiary/aromatic N) is 2. The Balaban J connectivity index is 1.51. The molecule has 0 aliphatic carbocycles. The van der Waals surface area contributed by atoms with E-state index in [1.54, 1.807) is 0 Å². The highest BCUT2D eigenvalue weighted by atomic mass is 32.2. The van der Waals surface area contributed by atoms with Gasteiger partial charge in [-0.2, -0.15) is 4.31 Å². The molecule has 0 bridgehead atoms. The highest BCUT2D eigenvalue weighted by Crippen LogP contribution is 2.30. The van der Waals surface area contributed by atoms with E-state index in [1.165, 1.54) is 23.5 Å². The molecule has 0 spiro atoms. The zero-order valence-corrected chi connectivity index (χ0v) is 19.3. The van der Waals surface area contributed by atoms with Gasteiger partial charge in [-0.15, -0.1) is 0 Å². The summed E-state index contributed by atoms with van der Waals surface area (Å²) in [5.74, 6) is -0.0853. The van der Waals surface area contributed by atoms with Crippen LogP contribution in [0.25, 0.3) is 0 Å². The zero-order valence-electron chi connectivity index (χ0n) is 18.5. The summed E-state index contributed by atoms with van der Waals surface area (Å²) in [5.41, 5.74) is 0.982. The first-order valence-corrected chi connectivity index (χ1v) is 12.0. The van der Waals surface area contributed by atoms with Crippen LogP contribution in [-0.2, 0) is 19.6 Å². The molecule has 33 heavy (non-hydrogen) atoms. The van der Waals surface area contributed by atoms with Crippen LogP contribution in [0.15, 0.2) is 47.4 Å². The Morgan fingerprint density at radius 2 is 1.91 bits per heavy atom. The average Bonchev–Trinajstić information content (AvgIpc) is 2.81. The summed E-state index contributed by atoms with van der Waals surface area (Å²) in [7, 11) is -2.40. The van der Waals surface area contributed by atoms with Gasteiger partial charge in [0, 0.05) is 26.2 Å². The first kappa shape index (κ1) is 24.5. The van der Waals surface area contributed by atoms with E-state index < -0.39 is 20.9 Å². The lowest BCUT2D eigenvalue weighted by molar-refractivity contribution is -0.384. The zero-order chi connectivity index (χ0) is 24.0. The molecule has 3 rings (SSSR count). The van der Waals surface area contributed by atoms with Crippen molar-refractivity contribution in [1.82, 2.24) is 4.31 Å². The third-order valence-electron chi connectivity index (χ3n) is 5.45. The lowest BCUT2D eigenvalue weighted by Crippen LogP contribution is -2.40. The Morgan fingerprint density at radius 1 is 1.18 bits per heavy atom. The van der Waals surface area contributed by atoms with Gasteiger partial charge >= 0.3 is 5.97 Å². The van der Waals surface area contributed by atoms with E-state index in [9.17, 15) is 23.3 Å². The predicted octanol–water partition coefficient (Wildman–Crippen LogP) is 2.97. The molecule has 1 N–H and O–H groups in total. The quantitative estimate of drug-likeness (QED) is 0.253. The summed E-state index contributed by atoms with van der Waals surface area (Å²) >= 11 is 0. The molecule has 0 amide bonds. The molecule has 0 atom stereocenters. The molecule has 2 aromatic carbocycles.